The van der Waals surface area contributed by atoms with Gasteiger partial charge in [-0.05, 0) is 42.4 Å². The number of nitrogens with two attached hydrogens (primary N) is 1. The number of aliphatic hydroxyl groups is 1. The zero-order valence-electron chi connectivity index (χ0n) is 17.8. The van der Waals surface area contributed by atoms with Crippen LogP contribution in [0.3, 0.4) is 0 Å². The molecular weight excluding hydrogens is 430 g/mol. The fraction of sp³-hybridized carbons (Fsp3) is 0.455. The first-order chi connectivity index (χ1) is 15.3. The molecular formula is C22H27N5O4S. The number of fused-ring (bicyclic) bond motifs is 2. The van der Waals surface area contributed by atoms with Gasteiger partial charge in [0, 0.05) is 18.2 Å². The molecule has 10 heteroatoms. The van der Waals surface area contributed by atoms with Crippen molar-refractivity contribution >= 4 is 27.2 Å². The van der Waals surface area contributed by atoms with Crippen LogP contribution in [-0.4, -0.2) is 40.8 Å². The van der Waals surface area contributed by atoms with E-state index in [9.17, 15) is 13.5 Å². The molecule has 0 radical (unpaired) electrons. The molecule has 2 aliphatic carbocycles. The molecule has 1 aromatic carbocycles. The molecule has 2 aliphatic rings. The van der Waals surface area contributed by atoms with Crippen molar-refractivity contribution in [2.75, 3.05) is 11.9 Å². The minimum atomic E-state index is -4.03. The summed E-state index contributed by atoms with van der Waals surface area (Å²) in [6, 6.07) is 10.6. The first-order valence-corrected chi connectivity index (χ1v) is 12.3. The van der Waals surface area contributed by atoms with Gasteiger partial charge in [-0.15, -0.1) is 0 Å². The molecule has 5 rings (SSSR count). The Morgan fingerprint density at radius 2 is 2.06 bits per heavy atom. The van der Waals surface area contributed by atoms with Crippen molar-refractivity contribution in [2.45, 2.75) is 44.4 Å². The number of benzene rings is 1. The summed E-state index contributed by atoms with van der Waals surface area (Å²) in [6.07, 6.45) is 4.93. The van der Waals surface area contributed by atoms with E-state index in [1.54, 1.807) is 6.33 Å². The van der Waals surface area contributed by atoms with Crippen molar-refractivity contribution in [2.24, 2.45) is 17.0 Å². The van der Waals surface area contributed by atoms with E-state index in [0.29, 0.717) is 18.8 Å². The number of rotatable bonds is 6. The summed E-state index contributed by atoms with van der Waals surface area (Å²) in [6.45, 7) is 2.11. The maximum atomic E-state index is 11.1. The number of aromatic nitrogens is 3. The monoisotopic (exact) mass is 457 g/mol. The van der Waals surface area contributed by atoms with Crippen LogP contribution in [0.25, 0.3) is 11.0 Å². The molecule has 0 saturated heterocycles. The van der Waals surface area contributed by atoms with Gasteiger partial charge in [0.05, 0.1) is 24.1 Å². The molecule has 0 aliphatic heterocycles. The SMILES string of the molecule is C[C@@H]1Cc2ccccc2[C@@H]1Nc1ncnc2c1ccn2[C@@H]1C[C@@H](COS(N)(=O)=O)[C@@H](O)C1. The second-order valence-electron chi connectivity index (χ2n) is 8.91. The molecule has 9 nitrogen and oxygen atoms in total. The second kappa shape index (κ2) is 8.11. The van der Waals surface area contributed by atoms with E-state index in [1.165, 1.54) is 11.1 Å². The number of aliphatic hydroxyl groups excluding tert-OH is 1. The Balaban J connectivity index is 1.38. The molecule has 4 N–H and O–H groups in total. The minimum absolute atomic E-state index is 0.0227. The van der Waals surface area contributed by atoms with Crippen LogP contribution < -0.4 is 10.5 Å². The average molecular weight is 458 g/mol. The first kappa shape index (κ1) is 21.3. The minimum Gasteiger partial charge on any atom is -0.393 e. The van der Waals surface area contributed by atoms with E-state index in [1.807, 2.05) is 16.8 Å². The normalized spacial score (nSPS) is 27.7. The van der Waals surface area contributed by atoms with Crippen molar-refractivity contribution in [1.82, 2.24) is 14.5 Å². The quantitative estimate of drug-likeness (QED) is 0.517. The van der Waals surface area contributed by atoms with Gasteiger partial charge in [0.15, 0.2) is 0 Å². The summed E-state index contributed by atoms with van der Waals surface area (Å²) in [5.74, 6) is 0.921. The Bertz CT molecular complexity index is 1240. The summed E-state index contributed by atoms with van der Waals surface area (Å²) in [4.78, 5) is 9.02. The van der Waals surface area contributed by atoms with Crippen LogP contribution in [0.15, 0.2) is 42.9 Å². The summed E-state index contributed by atoms with van der Waals surface area (Å²) >= 11 is 0. The highest BCUT2D eigenvalue weighted by Crippen LogP contribution is 2.40. The van der Waals surface area contributed by atoms with Crippen LogP contribution in [-0.2, 0) is 20.9 Å². The molecule has 5 atom stereocenters. The van der Waals surface area contributed by atoms with Gasteiger partial charge in [-0.2, -0.15) is 8.42 Å². The van der Waals surface area contributed by atoms with E-state index in [0.717, 1.165) is 23.3 Å². The van der Waals surface area contributed by atoms with Crippen molar-refractivity contribution in [3.05, 3.63) is 54.0 Å². The highest BCUT2D eigenvalue weighted by molar-refractivity contribution is 7.84. The summed E-state index contributed by atoms with van der Waals surface area (Å²) in [5.41, 5.74) is 3.46. The third kappa shape index (κ3) is 3.99. The Morgan fingerprint density at radius 1 is 1.25 bits per heavy atom. The van der Waals surface area contributed by atoms with Crippen molar-refractivity contribution in [3.63, 3.8) is 0 Å². The number of hydrogen-bond acceptors (Lipinski definition) is 7. The highest BCUT2D eigenvalue weighted by atomic mass is 32.2. The molecule has 0 amide bonds. The van der Waals surface area contributed by atoms with E-state index < -0.39 is 16.4 Å². The maximum absolute atomic E-state index is 11.1. The van der Waals surface area contributed by atoms with Gasteiger partial charge in [0.25, 0.3) is 0 Å². The van der Waals surface area contributed by atoms with E-state index >= 15 is 0 Å². The molecule has 1 saturated carbocycles. The average Bonchev–Trinajstić information content (AvgIpc) is 3.42. The van der Waals surface area contributed by atoms with Gasteiger partial charge in [0.2, 0.25) is 0 Å². The Hall–Kier alpha value is -2.53. The third-order valence-electron chi connectivity index (χ3n) is 6.77. The molecule has 2 heterocycles. The first-order valence-electron chi connectivity index (χ1n) is 10.8. The molecule has 0 spiro atoms. The van der Waals surface area contributed by atoms with Gasteiger partial charge >= 0.3 is 10.3 Å². The van der Waals surface area contributed by atoms with Crippen LogP contribution in [0.1, 0.15) is 43.0 Å². The van der Waals surface area contributed by atoms with Gasteiger partial charge < -0.3 is 15.0 Å². The van der Waals surface area contributed by atoms with Crippen LogP contribution in [0.5, 0.6) is 0 Å². The highest BCUT2D eigenvalue weighted by Gasteiger charge is 2.36. The third-order valence-corrected chi connectivity index (χ3v) is 7.24. The van der Waals surface area contributed by atoms with Crippen LogP contribution >= 0.6 is 0 Å². The predicted molar refractivity (Wildman–Crippen MR) is 120 cm³/mol. The topological polar surface area (TPSA) is 132 Å². The Morgan fingerprint density at radius 3 is 2.88 bits per heavy atom. The van der Waals surface area contributed by atoms with Crippen molar-refractivity contribution < 1.29 is 17.7 Å². The smallest absolute Gasteiger partial charge is 0.333 e. The lowest BCUT2D eigenvalue weighted by Crippen LogP contribution is -2.24. The number of hydrogen-bond donors (Lipinski definition) is 3. The fourth-order valence-electron chi connectivity index (χ4n) is 5.21. The molecule has 170 valence electrons. The standard InChI is InChI=1S/C22H27N5O4S/c1-13-8-14-4-2-3-5-17(14)20(13)26-21-18-6-7-27(22(18)25-12-24-21)16-9-15(19(28)10-16)11-31-32(23,29)30/h2-7,12-13,15-16,19-20,28H,8-11H2,1H3,(H2,23,29,30)(H,24,25,26)/t13-,15+,16-,19+,20-/m1/s1. The predicted octanol–water partition coefficient (Wildman–Crippen LogP) is 2.31. The number of anilines is 1. The van der Waals surface area contributed by atoms with Crippen molar-refractivity contribution in [1.29, 1.82) is 0 Å². The lowest BCUT2D eigenvalue weighted by molar-refractivity contribution is 0.100. The van der Waals surface area contributed by atoms with E-state index in [-0.39, 0.29) is 24.6 Å². The van der Waals surface area contributed by atoms with Gasteiger partial charge in [-0.1, -0.05) is 31.2 Å². The zero-order valence-corrected chi connectivity index (χ0v) is 18.6. The number of nitrogens with one attached hydrogen (secondary N) is 1. The maximum Gasteiger partial charge on any atom is 0.333 e. The van der Waals surface area contributed by atoms with Crippen LogP contribution in [0, 0.1) is 11.8 Å². The summed E-state index contributed by atoms with van der Waals surface area (Å²) in [5, 5.41) is 19.9. The van der Waals surface area contributed by atoms with Crippen LogP contribution in [0.4, 0.5) is 5.82 Å². The molecule has 2 aromatic heterocycles. The van der Waals surface area contributed by atoms with Gasteiger partial charge in [-0.3, -0.25) is 4.18 Å². The lowest BCUT2D eigenvalue weighted by Gasteiger charge is -2.20. The van der Waals surface area contributed by atoms with Gasteiger partial charge in [-0.25, -0.2) is 15.1 Å². The molecule has 0 unspecified atom stereocenters. The van der Waals surface area contributed by atoms with Crippen molar-refractivity contribution in [3.8, 4) is 0 Å². The largest absolute Gasteiger partial charge is 0.393 e. The van der Waals surface area contributed by atoms with Gasteiger partial charge in [0.1, 0.15) is 17.8 Å². The summed E-state index contributed by atoms with van der Waals surface area (Å²) < 4.78 is 29.0. The molecule has 0 bridgehead atoms. The lowest BCUT2D eigenvalue weighted by atomic mass is 10.0. The zero-order chi connectivity index (χ0) is 22.5. The Kier molecular flexibility index (Phi) is 5.40. The van der Waals surface area contributed by atoms with Crippen LogP contribution in [0.2, 0.25) is 0 Å². The second-order valence-corrected chi connectivity index (χ2v) is 10.1. The molecule has 1 fully saturated rings. The molecule has 32 heavy (non-hydrogen) atoms. The van der Waals surface area contributed by atoms with E-state index in [4.69, 9.17) is 9.32 Å². The number of nitrogens with zero attached hydrogens (tertiary/aromatic N) is 3. The molecule has 3 aromatic rings. The summed E-state index contributed by atoms with van der Waals surface area (Å²) in [7, 11) is -4.03. The fourth-order valence-corrected chi connectivity index (χ4v) is 5.57. The van der Waals surface area contributed by atoms with E-state index in [2.05, 4.69) is 46.5 Å². The Labute approximate surface area is 186 Å².